The van der Waals surface area contributed by atoms with Gasteiger partial charge in [-0.15, -0.1) is 0 Å². The molecule has 1 aromatic rings. The van der Waals surface area contributed by atoms with Crippen LogP contribution < -0.4 is 5.32 Å². The zero-order valence-electron chi connectivity index (χ0n) is 12.0. The molecule has 1 aliphatic carbocycles. The van der Waals surface area contributed by atoms with E-state index in [4.69, 9.17) is 16.3 Å². The largest absolute Gasteiger partial charge is 0.465 e. The third-order valence-electron chi connectivity index (χ3n) is 3.98. The van der Waals surface area contributed by atoms with Crippen LogP contribution in [0.25, 0.3) is 0 Å². The number of hydrogen-bond acceptors (Lipinski definition) is 3. The van der Waals surface area contributed by atoms with E-state index in [-0.39, 0.29) is 5.97 Å². The number of carbonyl (C=O) groups excluding carboxylic acids is 1. The van der Waals surface area contributed by atoms with E-state index < -0.39 is 0 Å². The van der Waals surface area contributed by atoms with Crippen molar-refractivity contribution in [3.8, 4) is 0 Å². The Bertz CT molecular complexity index is 456. The van der Waals surface area contributed by atoms with E-state index in [0.29, 0.717) is 10.6 Å². The molecule has 0 bridgehead atoms. The predicted molar refractivity (Wildman–Crippen MR) is 82.5 cm³/mol. The van der Waals surface area contributed by atoms with Gasteiger partial charge in [0, 0.05) is 6.54 Å². The summed E-state index contributed by atoms with van der Waals surface area (Å²) < 4.78 is 4.72. The van der Waals surface area contributed by atoms with Gasteiger partial charge in [-0.05, 0) is 30.5 Å². The number of carbonyl (C=O) groups is 1. The Morgan fingerprint density at radius 3 is 2.80 bits per heavy atom. The summed E-state index contributed by atoms with van der Waals surface area (Å²) in [6.45, 7) is 0.898. The number of halogens is 1. The number of hydrogen-bond donors (Lipinski definition) is 1. The fourth-order valence-corrected chi connectivity index (χ4v) is 2.98. The minimum atomic E-state index is -0.336. The summed E-state index contributed by atoms with van der Waals surface area (Å²) in [5.41, 5.74) is 1.34. The molecule has 1 fully saturated rings. The molecule has 110 valence electrons. The summed E-state index contributed by atoms with van der Waals surface area (Å²) in [6, 6.07) is 5.17. The van der Waals surface area contributed by atoms with Crippen molar-refractivity contribution in [1.29, 1.82) is 0 Å². The van der Waals surface area contributed by atoms with E-state index in [2.05, 4.69) is 5.32 Å². The maximum absolute atomic E-state index is 11.5. The van der Waals surface area contributed by atoms with Crippen molar-refractivity contribution < 1.29 is 9.53 Å². The van der Waals surface area contributed by atoms with Crippen LogP contribution in [0.4, 0.5) is 5.69 Å². The molecule has 2 rings (SSSR count). The molecule has 1 N–H and O–H groups in total. The predicted octanol–water partition coefficient (Wildman–Crippen LogP) is 4.51. The third-order valence-corrected chi connectivity index (χ3v) is 4.31. The first-order chi connectivity index (χ1) is 9.70. The quantitative estimate of drug-likeness (QED) is 0.812. The van der Waals surface area contributed by atoms with Crippen LogP contribution in [0.2, 0.25) is 5.02 Å². The van der Waals surface area contributed by atoms with E-state index >= 15 is 0 Å². The molecule has 0 radical (unpaired) electrons. The maximum Gasteiger partial charge on any atom is 0.337 e. The monoisotopic (exact) mass is 295 g/mol. The van der Waals surface area contributed by atoms with Crippen LogP contribution in [0.15, 0.2) is 18.2 Å². The molecule has 0 aliphatic heterocycles. The molecular formula is C16H22ClNO2. The zero-order chi connectivity index (χ0) is 14.4. The van der Waals surface area contributed by atoms with Gasteiger partial charge < -0.3 is 10.1 Å². The highest BCUT2D eigenvalue weighted by atomic mass is 35.5. The number of benzene rings is 1. The third kappa shape index (κ3) is 4.14. The van der Waals surface area contributed by atoms with Crippen LogP contribution in [0.3, 0.4) is 0 Å². The Kier molecular flexibility index (Phi) is 5.72. The number of nitrogens with one attached hydrogen (secondary N) is 1. The second kappa shape index (κ2) is 7.53. The molecular weight excluding hydrogens is 274 g/mol. The Hall–Kier alpha value is -1.22. The first kappa shape index (κ1) is 15.2. The van der Waals surface area contributed by atoms with Gasteiger partial charge in [0.05, 0.1) is 23.4 Å². The van der Waals surface area contributed by atoms with Crippen molar-refractivity contribution in [2.45, 2.75) is 38.5 Å². The molecule has 1 saturated carbocycles. The zero-order valence-corrected chi connectivity index (χ0v) is 12.7. The number of anilines is 1. The van der Waals surface area contributed by atoms with Crippen LogP contribution in [0.1, 0.15) is 48.9 Å². The SMILES string of the molecule is COC(=O)c1ccc(Cl)c(NCCC2CCCCC2)c1. The average Bonchev–Trinajstić information content (AvgIpc) is 2.49. The minimum absolute atomic E-state index is 0.336. The summed E-state index contributed by atoms with van der Waals surface area (Å²) in [4.78, 5) is 11.5. The van der Waals surface area contributed by atoms with E-state index in [1.165, 1.54) is 45.6 Å². The van der Waals surface area contributed by atoms with Gasteiger partial charge in [-0.25, -0.2) is 4.79 Å². The molecule has 4 heteroatoms. The van der Waals surface area contributed by atoms with Crippen LogP contribution in [-0.4, -0.2) is 19.6 Å². The van der Waals surface area contributed by atoms with Crippen LogP contribution in [0, 0.1) is 5.92 Å². The lowest BCUT2D eigenvalue weighted by Gasteiger charge is -2.21. The summed E-state index contributed by atoms with van der Waals surface area (Å²) in [5.74, 6) is 0.496. The second-order valence-electron chi connectivity index (χ2n) is 5.41. The van der Waals surface area contributed by atoms with Crippen LogP contribution in [0.5, 0.6) is 0 Å². The maximum atomic E-state index is 11.5. The number of ether oxygens (including phenoxy) is 1. The van der Waals surface area contributed by atoms with Gasteiger partial charge in [0.25, 0.3) is 0 Å². The van der Waals surface area contributed by atoms with E-state index in [9.17, 15) is 4.79 Å². The first-order valence-corrected chi connectivity index (χ1v) is 7.70. The van der Waals surface area contributed by atoms with Gasteiger partial charge in [0.1, 0.15) is 0 Å². The fraction of sp³-hybridized carbons (Fsp3) is 0.562. The summed E-state index contributed by atoms with van der Waals surface area (Å²) in [5, 5.41) is 3.98. The number of methoxy groups -OCH3 is 1. The van der Waals surface area contributed by atoms with Gasteiger partial charge in [0.15, 0.2) is 0 Å². The highest BCUT2D eigenvalue weighted by Gasteiger charge is 2.13. The van der Waals surface area contributed by atoms with Crippen molar-refractivity contribution in [3.63, 3.8) is 0 Å². The normalized spacial score (nSPS) is 15.9. The van der Waals surface area contributed by atoms with Gasteiger partial charge in [-0.2, -0.15) is 0 Å². The molecule has 0 spiro atoms. The topological polar surface area (TPSA) is 38.3 Å². The lowest BCUT2D eigenvalue weighted by Crippen LogP contribution is -2.12. The van der Waals surface area contributed by atoms with Gasteiger partial charge in [0.2, 0.25) is 0 Å². The standard InChI is InChI=1S/C16H22ClNO2/c1-20-16(19)13-7-8-14(17)15(11-13)18-10-9-12-5-3-2-4-6-12/h7-8,11-12,18H,2-6,9-10H2,1H3. The van der Waals surface area contributed by atoms with Crippen molar-refractivity contribution in [3.05, 3.63) is 28.8 Å². The van der Waals surface area contributed by atoms with Gasteiger partial charge in [-0.3, -0.25) is 0 Å². The first-order valence-electron chi connectivity index (χ1n) is 7.32. The molecule has 1 aromatic carbocycles. The van der Waals surface area contributed by atoms with E-state index in [0.717, 1.165) is 18.2 Å². The summed E-state index contributed by atoms with van der Waals surface area (Å²) in [6.07, 6.45) is 7.97. The summed E-state index contributed by atoms with van der Waals surface area (Å²) in [7, 11) is 1.38. The number of esters is 1. The molecule has 0 amide bonds. The highest BCUT2D eigenvalue weighted by molar-refractivity contribution is 6.33. The average molecular weight is 296 g/mol. The van der Waals surface area contributed by atoms with Crippen molar-refractivity contribution >= 4 is 23.3 Å². The fourth-order valence-electron chi connectivity index (χ4n) is 2.79. The van der Waals surface area contributed by atoms with Crippen LogP contribution >= 0.6 is 11.6 Å². The Labute approximate surface area is 125 Å². The van der Waals surface area contributed by atoms with Crippen molar-refractivity contribution in [2.24, 2.45) is 5.92 Å². The van der Waals surface area contributed by atoms with Crippen molar-refractivity contribution in [2.75, 3.05) is 19.0 Å². The van der Waals surface area contributed by atoms with Crippen LogP contribution in [-0.2, 0) is 4.74 Å². The molecule has 0 aromatic heterocycles. The molecule has 20 heavy (non-hydrogen) atoms. The molecule has 0 heterocycles. The molecule has 0 unspecified atom stereocenters. The number of rotatable bonds is 5. The lowest BCUT2D eigenvalue weighted by molar-refractivity contribution is 0.0601. The lowest BCUT2D eigenvalue weighted by atomic mass is 9.87. The Balaban J connectivity index is 1.89. The molecule has 1 aliphatic rings. The molecule has 0 saturated heterocycles. The van der Waals surface area contributed by atoms with Crippen molar-refractivity contribution in [1.82, 2.24) is 0 Å². The minimum Gasteiger partial charge on any atom is -0.465 e. The molecule has 3 nitrogen and oxygen atoms in total. The van der Waals surface area contributed by atoms with E-state index in [1.54, 1.807) is 18.2 Å². The Morgan fingerprint density at radius 2 is 2.10 bits per heavy atom. The molecule has 0 atom stereocenters. The Morgan fingerprint density at radius 1 is 1.35 bits per heavy atom. The highest BCUT2D eigenvalue weighted by Crippen LogP contribution is 2.27. The van der Waals surface area contributed by atoms with Gasteiger partial charge >= 0.3 is 5.97 Å². The summed E-state index contributed by atoms with van der Waals surface area (Å²) >= 11 is 6.15. The smallest absolute Gasteiger partial charge is 0.337 e. The van der Waals surface area contributed by atoms with Gasteiger partial charge in [-0.1, -0.05) is 43.7 Å². The van der Waals surface area contributed by atoms with E-state index in [1.807, 2.05) is 0 Å². The second-order valence-corrected chi connectivity index (χ2v) is 5.81.